The Balaban J connectivity index is 1.46. The van der Waals surface area contributed by atoms with Crippen LogP contribution in [0.1, 0.15) is 11.1 Å². The van der Waals surface area contributed by atoms with Gasteiger partial charge in [-0.25, -0.2) is 5.43 Å². The zero-order chi connectivity index (χ0) is 24.5. The van der Waals surface area contributed by atoms with Crippen LogP contribution in [0.15, 0.2) is 95.2 Å². The fraction of sp³-hybridized carbons (Fsp3) is 0.111. The van der Waals surface area contributed by atoms with Crippen molar-refractivity contribution in [1.82, 2.24) is 20.2 Å². The zero-order valence-electron chi connectivity index (χ0n) is 19.5. The van der Waals surface area contributed by atoms with E-state index in [0.717, 1.165) is 28.1 Å². The van der Waals surface area contributed by atoms with Crippen LogP contribution >= 0.6 is 11.8 Å². The van der Waals surface area contributed by atoms with Gasteiger partial charge in [-0.05, 0) is 42.8 Å². The van der Waals surface area contributed by atoms with Crippen LogP contribution in [0.5, 0.6) is 5.75 Å². The molecule has 0 radical (unpaired) electrons. The van der Waals surface area contributed by atoms with Crippen LogP contribution in [0.25, 0.3) is 23.2 Å². The molecule has 1 heterocycles. The molecule has 1 amide bonds. The number of allylic oxidation sites excluding steroid dienone is 1. The van der Waals surface area contributed by atoms with Gasteiger partial charge in [0.25, 0.3) is 5.91 Å². The number of carbonyl (C=O) groups is 1. The largest absolute Gasteiger partial charge is 0.497 e. The van der Waals surface area contributed by atoms with Crippen molar-refractivity contribution in [3.63, 3.8) is 0 Å². The van der Waals surface area contributed by atoms with Gasteiger partial charge < -0.3 is 4.74 Å². The van der Waals surface area contributed by atoms with E-state index in [-0.39, 0.29) is 11.7 Å². The Morgan fingerprint density at radius 2 is 1.77 bits per heavy atom. The van der Waals surface area contributed by atoms with E-state index in [1.54, 1.807) is 19.4 Å². The Bertz CT molecular complexity index is 1310. The first kappa shape index (κ1) is 24.0. The fourth-order valence-electron chi connectivity index (χ4n) is 3.25. The number of hydrogen-bond acceptors (Lipinski definition) is 6. The van der Waals surface area contributed by atoms with Gasteiger partial charge in [-0.2, -0.15) is 5.10 Å². The molecule has 0 aliphatic carbocycles. The van der Waals surface area contributed by atoms with Gasteiger partial charge in [-0.3, -0.25) is 9.36 Å². The Hall–Kier alpha value is -4.17. The summed E-state index contributed by atoms with van der Waals surface area (Å²) in [6.07, 6.45) is 5.23. The molecule has 0 unspecified atom stereocenters. The lowest BCUT2D eigenvalue weighted by Crippen LogP contribution is -2.19. The molecule has 8 heteroatoms. The molecular formula is C27H25N5O2S. The molecule has 0 aliphatic heterocycles. The molecule has 0 spiro atoms. The summed E-state index contributed by atoms with van der Waals surface area (Å²) in [6, 6.07) is 25.6. The van der Waals surface area contributed by atoms with E-state index in [4.69, 9.17) is 4.74 Å². The van der Waals surface area contributed by atoms with E-state index in [9.17, 15) is 4.79 Å². The minimum absolute atomic E-state index is 0.141. The first-order chi connectivity index (χ1) is 17.1. The van der Waals surface area contributed by atoms with Crippen molar-refractivity contribution in [2.24, 2.45) is 5.10 Å². The number of aromatic nitrogens is 3. The molecule has 0 bridgehead atoms. The summed E-state index contributed by atoms with van der Waals surface area (Å²) in [4.78, 5) is 12.4. The van der Waals surface area contributed by atoms with E-state index in [0.29, 0.717) is 11.0 Å². The van der Waals surface area contributed by atoms with Crippen LogP contribution < -0.4 is 10.2 Å². The van der Waals surface area contributed by atoms with Crippen molar-refractivity contribution >= 4 is 30.0 Å². The molecule has 4 aromatic rings. The molecule has 0 aliphatic rings. The van der Waals surface area contributed by atoms with Crippen molar-refractivity contribution < 1.29 is 9.53 Å². The van der Waals surface area contributed by atoms with Crippen LogP contribution in [-0.4, -0.2) is 39.7 Å². The number of nitrogens with one attached hydrogen (secondary N) is 1. The number of hydrogen-bond donors (Lipinski definition) is 1. The third-order valence-corrected chi connectivity index (χ3v) is 5.97. The SMILES string of the molecule is COc1ccc(-n2c(SCC(=O)N/N=C\C=C\c3ccccc3)nnc2-c2ccc(C)cc2)cc1. The number of ether oxygens (including phenoxy) is 1. The number of rotatable bonds is 9. The highest BCUT2D eigenvalue weighted by Crippen LogP contribution is 2.29. The molecule has 176 valence electrons. The lowest BCUT2D eigenvalue weighted by molar-refractivity contribution is -0.118. The normalized spacial score (nSPS) is 11.3. The number of thioether (sulfide) groups is 1. The zero-order valence-corrected chi connectivity index (χ0v) is 20.3. The van der Waals surface area contributed by atoms with Crippen LogP contribution in [0.2, 0.25) is 0 Å². The Morgan fingerprint density at radius 3 is 2.49 bits per heavy atom. The number of hydrazone groups is 1. The predicted octanol–water partition coefficient (Wildman–Crippen LogP) is 5.16. The van der Waals surface area contributed by atoms with Crippen molar-refractivity contribution in [1.29, 1.82) is 0 Å². The maximum Gasteiger partial charge on any atom is 0.250 e. The average Bonchev–Trinajstić information content (AvgIpc) is 3.32. The van der Waals surface area contributed by atoms with Crippen molar-refractivity contribution in [3.05, 3.63) is 96.1 Å². The molecule has 0 fully saturated rings. The molecule has 3 aromatic carbocycles. The van der Waals surface area contributed by atoms with E-state index in [1.165, 1.54) is 11.8 Å². The Labute approximate surface area is 208 Å². The molecule has 7 nitrogen and oxygen atoms in total. The molecule has 0 saturated carbocycles. The van der Waals surface area contributed by atoms with Crippen LogP contribution in [-0.2, 0) is 4.79 Å². The Morgan fingerprint density at radius 1 is 1.03 bits per heavy atom. The van der Waals surface area contributed by atoms with Crippen LogP contribution in [0.4, 0.5) is 0 Å². The highest BCUT2D eigenvalue weighted by atomic mass is 32.2. The molecular weight excluding hydrogens is 458 g/mol. The van der Waals surface area contributed by atoms with Crippen LogP contribution in [0, 0.1) is 6.92 Å². The number of amides is 1. The van der Waals surface area contributed by atoms with Gasteiger partial charge >= 0.3 is 0 Å². The standard InChI is InChI=1S/C27H25N5O2S/c1-20-10-12-22(13-11-20)26-30-31-27(32(26)23-14-16-24(34-2)17-15-23)35-19-25(33)29-28-18-6-9-21-7-4-3-5-8-21/h3-18H,19H2,1-2H3,(H,29,33)/b9-6+,28-18-. The molecule has 1 N–H and O–H groups in total. The maximum atomic E-state index is 12.4. The van der Waals surface area contributed by atoms with E-state index in [1.807, 2.05) is 96.4 Å². The van der Waals surface area contributed by atoms with Crippen molar-refractivity contribution in [2.45, 2.75) is 12.1 Å². The summed E-state index contributed by atoms with van der Waals surface area (Å²) < 4.78 is 7.23. The lowest BCUT2D eigenvalue weighted by atomic mass is 10.1. The monoisotopic (exact) mass is 483 g/mol. The van der Waals surface area contributed by atoms with Gasteiger partial charge in [-0.15, -0.1) is 10.2 Å². The van der Waals surface area contributed by atoms with Crippen LogP contribution in [0.3, 0.4) is 0 Å². The smallest absolute Gasteiger partial charge is 0.250 e. The summed E-state index contributed by atoms with van der Waals surface area (Å²) in [6.45, 7) is 2.04. The number of nitrogens with zero attached hydrogens (tertiary/aromatic N) is 4. The first-order valence-corrected chi connectivity index (χ1v) is 12.0. The van der Waals surface area contributed by atoms with E-state index in [2.05, 4.69) is 20.7 Å². The number of carbonyl (C=O) groups excluding carboxylic acids is 1. The topological polar surface area (TPSA) is 81.4 Å². The third-order valence-electron chi connectivity index (χ3n) is 5.04. The van der Waals surface area contributed by atoms with Gasteiger partial charge in [0.1, 0.15) is 5.75 Å². The lowest BCUT2D eigenvalue weighted by Gasteiger charge is -2.11. The predicted molar refractivity (Wildman–Crippen MR) is 141 cm³/mol. The molecule has 1 aromatic heterocycles. The fourth-order valence-corrected chi connectivity index (χ4v) is 3.99. The summed E-state index contributed by atoms with van der Waals surface area (Å²) in [5.74, 6) is 1.36. The first-order valence-electron chi connectivity index (χ1n) is 11.0. The van der Waals surface area contributed by atoms with E-state index >= 15 is 0 Å². The summed E-state index contributed by atoms with van der Waals surface area (Å²) in [7, 11) is 1.63. The van der Waals surface area contributed by atoms with Gasteiger partial charge in [0.15, 0.2) is 11.0 Å². The maximum absolute atomic E-state index is 12.4. The number of aryl methyl sites for hydroxylation is 1. The summed E-state index contributed by atoms with van der Waals surface area (Å²) in [5, 5.41) is 13.4. The van der Waals surface area contributed by atoms with Crippen molar-refractivity contribution in [3.8, 4) is 22.8 Å². The second-order valence-electron chi connectivity index (χ2n) is 7.58. The minimum Gasteiger partial charge on any atom is -0.497 e. The molecule has 0 saturated heterocycles. The van der Waals surface area contributed by atoms with Gasteiger partial charge in [0, 0.05) is 17.5 Å². The summed E-state index contributed by atoms with van der Waals surface area (Å²) >= 11 is 1.29. The third kappa shape index (κ3) is 6.45. The highest BCUT2D eigenvalue weighted by molar-refractivity contribution is 7.99. The van der Waals surface area contributed by atoms with Gasteiger partial charge in [0.05, 0.1) is 12.9 Å². The number of benzene rings is 3. The number of methoxy groups -OCH3 is 1. The quantitative estimate of drug-likeness (QED) is 0.202. The molecule has 4 rings (SSSR count). The molecule has 0 atom stereocenters. The second-order valence-corrected chi connectivity index (χ2v) is 8.52. The summed E-state index contributed by atoms with van der Waals surface area (Å²) in [5.41, 5.74) is 6.57. The van der Waals surface area contributed by atoms with Gasteiger partial charge in [-0.1, -0.05) is 78.0 Å². The minimum atomic E-state index is -0.236. The van der Waals surface area contributed by atoms with Gasteiger partial charge in [0.2, 0.25) is 0 Å². The Kier molecular flexibility index (Phi) is 8.08. The molecule has 35 heavy (non-hydrogen) atoms. The van der Waals surface area contributed by atoms with Crippen molar-refractivity contribution in [2.75, 3.05) is 12.9 Å². The highest BCUT2D eigenvalue weighted by Gasteiger charge is 2.17. The van der Waals surface area contributed by atoms with E-state index < -0.39 is 0 Å². The second kappa shape index (κ2) is 11.8. The average molecular weight is 484 g/mol.